The van der Waals surface area contributed by atoms with Crippen molar-refractivity contribution in [3.63, 3.8) is 0 Å². The van der Waals surface area contributed by atoms with Crippen LogP contribution in [0, 0.1) is 0 Å². The van der Waals surface area contributed by atoms with Crippen molar-refractivity contribution in [2.45, 2.75) is 0 Å². The number of rotatable bonds is 15. The first kappa shape index (κ1) is 34.9. The van der Waals surface area contributed by atoms with Crippen molar-refractivity contribution in [1.82, 2.24) is 34.7 Å². The number of hydrogen-bond donors (Lipinski definition) is 2. The molecule has 0 unspecified atom stereocenters. The van der Waals surface area contributed by atoms with Crippen LogP contribution >= 0.6 is 0 Å². The Hall–Kier alpha value is -5.24. The average molecular weight is 786 g/mol. The molecule has 0 saturated heterocycles. The molecule has 0 aromatic heterocycles. The Kier molecular flexibility index (Phi) is 15.1. The van der Waals surface area contributed by atoms with E-state index in [-0.39, 0.29) is 39.3 Å². The monoisotopic (exact) mass is 785 g/mol. The number of carboxylic acids is 1. The summed E-state index contributed by atoms with van der Waals surface area (Å²) in [5, 5.41) is 10.8. The minimum atomic E-state index is -1.20. The topological polar surface area (TPSA) is 188 Å². The van der Waals surface area contributed by atoms with Gasteiger partial charge in [0.25, 0.3) is 0 Å². The molecule has 0 heterocycles. The smallest absolute Gasteiger partial charge is 0.323 e. The average Bonchev–Trinajstić information content (AvgIpc) is 2.81. The van der Waals surface area contributed by atoms with Gasteiger partial charge in [0.2, 0.25) is 35.4 Å². The number of carbonyl (C=O) groups excluding carboxylic acids is 7. The first-order valence-electron chi connectivity index (χ1n) is 10.9. The van der Waals surface area contributed by atoms with E-state index in [2.05, 4.69) is 5.32 Å². The van der Waals surface area contributed by atoms with Gasteiger partial charge in [-0.05, 0) is 0 Å². The second-order valence-corrected chi connectivity index (χ2v) is 8.35. The van der Waals surface area contributed by atoms with E-state index in [1.54, 1.807) is 0 Å². The molecular formula is C21H34FmN7O9-. The standard InChI is InChI=1S/C21H34N7O9.Fm/c1-23(15(30)7-22-14-29)8-16(31)24(2)9-17(32)25(3)10-18(33)26(4)11-19(34)27(5)12-20(35)28(6)13-21(36)37;/h7-13H2,1-6H3,(H,22,29)(H,36,37);/q-1;. The van der Waals surface area contributed by atoms with Crippen molar-refractivity contribution in [3.8, 4) is 0 Å². The van der Waals surface area contributed by atoms with Crippen molar-refractivity contribution < 1.29 is 43.5 Å². The van der Waals surface area contributed by atoms with Gasteiger partial charge in [-0.2, -0.15) is 6.41 Å². The molecule has 0 aliphatic carbocycles. The van der Waals surface area contributed by atoms with E-state index >= 15 is 0 Å². The second-order valence-electron chi connectivity index (χ2n) is 8.35. The summed E-state index contributed by atoms with van der Waals surface area (Å²) in [5.74, 6) is -4.60. The summed E-state index contributed by atoms with van der Waals surface area (Å²) in [4.78, 5) is 100. The van der Waals surface area contributed by atoms with Crippen LogP contribution in [0.4, 0.5) is 0 Å². The maximum absolute atomic E-state index is 12.5. The quantitative estimate of drug-likeness (QED) is 0.122. The zero-order chi connectivity index (χ0) is 28.9. The fraction of sp³-hybridized carbons (Fsp3) is 0.619. The van der Waals surface area contributed by atoms with E-state index in [1.165, 1.54) is 48.7 Å². The van der Waals surface area contributed by atoms with Crippen LogP contribution in [0.1, 0.15) is 0 Å². The van der Waals surface area contributed by atoms with E-state index in [4.69, 9.17) is 5.11 Å². The number of amides is 7. The van der Waals surface area contributed by atoms with Gasteiger partial charge in [-0.15, -0.1) is 0 Å². The van der Waals surface area contributed by atoms with Gasteiger partial charge in [-0.1, -0.05) is 0 Å². The number of aliphatic carboxylic acids is 1. The molecule has 0 aliphatic rings. The minimum absolute atomic E-state index is 0. The third kappa shape index (κ3) is 12.5. The van der Waals surface area contributed by atoms with Crippen LogP contribution in [-0.2, 0) is 38.4 Å². The number of likely N-dealkylation sites (N-methyl/N-ethyl adjacent to an activating group) is 6. The summed E-state index contributed by atoms with van der Waals surface area (Å²) in [6.45, 7) is -2.71. The molecule has 220 valence electrons. The van der Waals surface area contributed by atoms with Crippen LogP contribution in [0.2, 0.25) is 0 Å². The maximum Gasteiger partial charge on any atom is 0.323 e. The Bertz CT molecular complexity index is 902. The molecule has 0 aromatic carbocycles. The van der Waals surface area contributed by atoms with Gasteiger partial charge < -0.3 is 44.6 Å². The van der Waals surface area contributed by atoms with Gasteiger partial charge in [0.05, 0.1) is 39.3 Å². The maximum atomic E-state index is 12.5. The van der Waals surface area contributed by atoms with E-state index in [0.717, 1.165) is 29.4 Å². The second kappa shape index (κ2) is 16.4. The van der Waals surface area contributed by atoms with Crippen molar-refractivity contribution in [3.05, 3.63) is 0 Å². The van der Waals surface area contributed by atoms with Crippen LogP contribution in [-0.4, -0.2) is 170 Å². The van der Waals surface area contributed by atoms with Crippen molar-refractivity contribution in [2.75, 3.05) is 88.1 Å². The third-order valence-electron chi connectivity index (χ3n) is 5.10. The number of hydrogen-bond acceptors (Lipinski definition) is 8. The Morgan fingerprint density at radius 2 is 0.763 bits per heavy atom. The Balaban J connectivity index is 0. The first-order chi connectivity index (χ1) is 17.1. The van der Waals surface area contributed by atoms with Crippen LogP contribution in [0.5, 0.6) is 0 Å². The van der Waals surface area contributed by atoms with Crippen LogP contribution in [0.3, 0.4) is 0 Å². The van der Waals surface area contributed by atoms with Crippen molar-refractivity contribution in [2.24, 2.45) is 0 Å². The van der Waals surface area contributed by atoms with Crippen molar-refractivity contribution in [1.29, 1.82) is 0 Å². The molecule has 0 spiro atoms. The molecule has 17 heteroatoms. The van der Waals surface area contributed by atoms with E-state index in [9.17, 15) is 38.4 Å². The normalized spacial score (nSPS) is 9.74. The van der Waals surface area contributed by atoms with Gasteiger partial charge in [0.1, 0.15) is 6.54 Å². The predicted molar refractivity (Wildman–Crippen MR) is 127 cm³/mol. The van der Waals surface area contributed by atoms with Gasteiger partial charge >= 0.3 is 5.97 Å². The molecule has 0 atom stereocenters. The Labute approximate surface area is 214 Å². The molecule has 7 amide bonds. The third-order valence-corrected chi connectivity index (χ3v) is 5.10. The number of carboxylic acid groups (broad SMARTS) is 1. The molecule has 0 fully saturated rings. The molecule has 0 aromatic rings. The van der Waals surface area contributed by atoms with Gasteiger partial charge in [0.15, 0.2) is 0 Å². The van der Waals surface area contributed by atoms with E-state index < -0.39 is 48.0 Å². The molecule has 0 bridgehead atoms. The summed E-state index contributed by atoms with van der Waals surface area (Å²) in [5.41, 5.74) is 0. The predicted octanol–water partition coefficient (Wildman–Crippen LogP) is -4.52. The van der Waals surface area contributed by atoms with Gasteiger partial charge in [0, 0.05) is 42.3 Å². The minimum Gasteiger partial charge on any atom is -0.522 e. The summed E-state index contributed by atoms with van der Waals surface area (Å²) >= 11 is 0. The number of nitrogens with one attached hydrogen (secondary N) is 1. The largest absolute Gasteiger partial charge is 0.522 e. The van der Waals surface area contributed by atoms with Crippen molar-refractivity contribution >= 4 is 47.8 Å². The molecule has 0 radical (unpaired) electrons. The van der Waals surface area contributed by atoms with Gasteiger partial charge in [-0.3, -0.25) is 33.6 Å². The van der Waals surface area contributed by atoms with Gasteiger partial charge in [-0.25, -0.2) is 0 Å². The van der Waals surface area contributed by atoms with Crippen LogP contribution < -0.4 is 5.32 Å². The Morgan fingerprint density at radius 1 is 0.526 bits per heavy atom. The zero-order valence-electron chi connectivity index (χ0n) is 22.1. The summed E-state index contributed by atoms with van der Waals surface area (Å²) in [6, 6.07) is 0. The molecule has 0 rings (SSSR count). The first-order valence-corrected chi connectivity index (χ1v) is 10.9. The molecule has 16 nitrogen and oxygen atoms in total. The van der Waals surface area contributed by atoms with E-state index in [0.29, 0.717) is 0 Å². The Morgan fingerprint density at radius 3 is 1.00 bits per heavy atom. The number of carbonyl (C=O) groups is 7. The summed E-state index contributed by atoms with van der Waals surface area (Å²) < 4.78 is 0. The molecule has 38 heavy (non-hydrogen) atoms. The SMILES string of the molecule is CN(CC(=O)O)C(=O)CN(C)C(=O)CN(C)C(=O)CN(C)C(=O)CN(C)C(=O)CN(C)C(=O)CN[C-]=O.[Fm]. The molecule has 0 saturated carbocycles. The number of nitrogens with zero attached hydrogens (tertiary/aromatic N) is 6. The fourth-order valence-electron chi connectivity index (χ4n) is 2.60. The van der Waals surface area contributed by atoms with E-state index in [1.807, 2.05) is 0 Å². The molecule has 2 N–H and O–H groups in total. The summed E-state index contributed by atoms with van der Waals surface area (Å²) in [7, 11) is 8.00. The van der Waals surface area contributed by atoms with Crippen LogP contribution in [0.15, 0.2) is 0 Å². The molecule has 0 aliphatic heterocycles. The fourth-order valence-corrected chi connectivity index (χ4v) is 2.60. The summed E-state index contributed by atoms with van der Waals surface area (Å²) in [6.07, 6.45) is 1.35. The van der Waals surface area contributed by atoms with Crippen LogP contribution in [0.25, 0.3) is 0 Å². The zero-order valence-corrected chi connectivity index (χ0v) is 24.5. The molecular weight excluding hydrogens is 751 g/mol.